The van der Waals surface area contributed by atoms with Gasteiger partial charge in [0.1, 0.15) is 11.9 Å². The van der Waals surface area contributed by atoms with Gasteiger partial charge in [0.25, 0.3) is 5.91 Å². The van der Waals surface area contributed by atoms with Crippen molar-refractivity contribution >= 4 is 39.8 Å². The highest BCUT2D eigenvalue weighted by atomic mass is 35.5. The van der Waals surface area contributed by atoms with Crippen LogP contribution in [-0.2, 0) is 11.8 Å². The fraction of sp³-hybridized carbons (Fsp3) is 0.429. The molecule has 1 aliphatic carbocycles. The topological polar surface area (TPSA) is 87.3 Å². The van der Waals surface area contributed by atoms with Crippen LogP contribution in [0.4, 0.5) is 5.69 Å². The minimum Gasteiger partial charge on any atom is -0.494 e. The van der Waals surface area contributed by atoms with Crippen LogP contribution in [0, 0.1) is 0 Å². The third-order valence-corrected chi connectivity index (χ3v) is 7.77. The van der Waals surface area contributed by atoms with Crippen LogP contribution in [0.3, 0.4) is 0 Å². The number of aromatic nitrogens is 5. The SMILES string of the molecule is COc1cc(N2C(=O)c3nc(C4=CCOCC4)n(C(C)C)c3[C@H]2C2=CCC(C)(Cl)C=C2)cc2c1nnn2C. The van der Waals surface area contributed by atoms with E-state index < -0.39 is 4.87 Å². The lowest BCUT2D eigenvalue weighted by Crippen LogP contribution is -2.31. The molecule has 6 rings (SSSR count). The molecular formula is C28H31ClN6O3. The van der Waals surface area contributed by atoms with Crippen molar-refractivity contribution in [3.63, 3.8) is 0 Å². The number of ether oxygens (including phenoxy) is 2. The molecule has 0 saturated heterocycles. The molecule has 0 fully saturated rings. The van der Waals surface area contributed by atoms with E-state index in [1.54, 1.807) is 11.8 Å². The van der Waals surface area contributed by atoms with Crippen LogP contribution >= 0.6 is 11.6 Å². The molecule has 0 bridgehead atoms. The average molecular weight is 535 g/mol. The average Bonchev–Trinajstić information content (AvgIpc) is 3.56. The number of rotatable bonds is 5. The lowest BCUT2D eigenvalue weighted by molar-refractivity contribution is 0.0989. The highest BCUT2D eigenvalue weighted by molar-refractivity contribution is 6.25. The molecule has 0 N–H and O–H groups in total. The first-order valence-corrected chi connectivity index (χ1v) is 13.3. The molecular weight excluding hydrogens is 504 g/mol. The molecule has 9 nitrogen and oxygen atoms in total. The molecule has 10 heteroatoms. The third-order valence-electron chi connectivity index (χ3n) is 7.49. The van der Waals surface area contributed by atoms with Crippen molar-refractivity contribution in [2.75, 3.05) is 25.2 Å². The zero-order chi connectivity index (χ0) is 26.8. The maximum Gasteiger partial charge on any atom is 0.279 e. The lowest BCUT2D eigenvalue weighted by Gasteiger charge is -2.31. The van der Waals surface area contributed by atoms with Gasteiger partial charge in [0.15, 0.2) is 17.0 Å². The number of carbonyl (C=O) groups excluding carboxylic acids is 1. The van der Waals surface area contributed by atoms with Gasteiger partial charge in [-0.2, -0.15) is 0 Å². The van der Waals surface area contributed by atoms with E-state index in [-0.39, 0.29) is 18.0 Å². The van der Waals surface area contributed by atoms with Crippen LogP contribution in [0.1, 0.15) is 67.7 Å². The Kier molecular flexibility index (Phi) is 5.96. The summed E-state index contributed by atoms with van der Waals surface area (Å²) < 4.78 is 15.1. The van der Waals surface area contributed by atoms with Gasteiger partial charge in [-0.3, -0.25) is 9.69 Å². The summed E-state index contributed by atoms with van der Waals surface area (Å²) in [6, 6.07) is 3.50. The number of aryl methyl sites for hydroxylation is 1. The summed E-state index contributed by atoms with van der Waals surface area (Å²) in [4.78, 5) is 20.6. The molecule has 2 aromatic heterocycles. The first kappa shape index (κ1) is 24.9. The first-order chi connectivity index (χ1) is 18.2. The Morgan fingerprint density at radius 3 is 2.74 bits per heavy atom. The van der Waals surface area contributed by atoms with E-state index in [1.165, 1.54) is 0 Å². The van der Waals surface area contributed by atoms with Gasteiger partial charge in [-0.25, -0.2) is 9.67 Å². The summed E-state index contributed by atoms with van der Waals surface area (Å²) in [7, 11) is 3.42. The van der Waals surface area contributed by atoms with Crippen molar-refractivity contribution in [1.29, 1.82) is 0 Å². The summed E-state index contributed by atoms with van der Waals surface area (Å²) in [5.41, 5.74) is 5.60. The molecule has 1 unspecified atom stereocenters. The quantitative estimate of drug-likeness (QED) is 0.421. The second-order valence-electron chi connectivity index (χ2n) is 10.5. The maximum absolute atomic E-state index is 14.3. The number of carbonyl (C=O) groups is 1. The third kappa shape index (κ3) is 3.87. The number of benzene rings is 1. The normalized spacial score (nSPS) is 23.3. The van der Waals surface area contributed by atoms with Gasteiger partial charge >= 0.3 is 0 Å². The summed E-state index contributed by atoms with van der Waals surface area (Å²) in [5.74, 6) is 1.25. The van der Waals surface area contributed by atoms with E-state index in [2.05, 4.69) is 40.9 Å². The number of alkyl halides is 1. The van der Waals surface area contributed by atoms with E-state index >= 15 is 0 Å². The second kappa shape index (κ2) is 9.10. The maximum atomic E-state index is 14.3. The number of amides is 1. The van der Waals surface area contributed by atoms with Crippen molar-refractivity contribution < 1.29 is 14.3 Å². The van der Waals surface area contributed by atoms with E-state index in [4.69, 9.17) is 26.1 Å². The molecule has 2 atom stereocenters. The van der Waals surface area contributed by atoms with Crippen LogP contribution in [0.15, 0.2) is 42.0 Å². The standard InChI is InChI=1S/C28H31ClN6O3/c1-16(2)34-25-23(30-26(34)18-8-12-38-13-9-18)27(36)35(24(25)17-6-10-28(3,29)11-7-17)19-14-20-22(21(15-19)37-5)31-32-33(20)4/h6-8,10,14-16,24H,9,11-13H2,1-5H3/t24-,28?/m1/s1. The van der Waals surface area contributed by atoms with Gasteiger partial charge < -0.3 is 14.0 Å². The Hall–Kier alpha value is -3.43. The lowest BCUT2D eigenvalue weighted by atomic mass is 9.92. The summed E-state index contributed by atoms with van der Waals surface area (Å²) >= 11 is 6.64. The van der Waals surface area contributed by atoms with Crippen LogP contribution in [0.5, 0.6) is 5.75 Å². The Labute approximate surface area is 226 Å². The fourth-order valence-corrected chi connectivity index (χ4v) is 5.72. The predicted molar refractivity (Wildman–Crippen MR) is 147 cm³/mol. The summed E-state index contributed by atoms with van der Waals surface area (Å²) in [6.07, 6.45) is 9.69. The highest BCUT2D eigenvalue weighted by Gasteiger charge is 2.46. The Morgan fingerprint density at radius 2 is 2.08 bits per heavy atom. The Balaban J connectivity index is 1.57. The largest absolute Gasteiger partial charge is 0.494 e. The number of anilines is 1. The second-order valence-corrected chi connectivity index (χ2v) is 11.4. The smallest absolute Gasteiger partial charge is 0.279 e. The molecule has 198 valence electrons. The van der Waals surface area contributed by atoms with Crippen LogP contribution in [0.2, 0.25) is 0 Å². The monoisotopic (exact) mass is 534 g/mol. The van der Waals surface area contributed by atoms with Crippen molar-refractivity contribution in [2.24, 2.45) is 7.05 Å². The minimum atomic E-state index is -0.460. The molecule has 3 aliphatic rings. The first-order valence-electron chi connectivity index (χ1n) is 12.9. The number of fused-ring (bicyclic) bond motifs is 2. The fourth-order valence-electron chi connectivity index (χ4n) is 5.58. The number of nitrogens with zero attached hydrogens (tertiary/aromatic N) is 6. The molecule has 3 aromatic rings. The Morgan fingerprint density at radius 1 is 1.26 bits per heavy atom. The molecule has 2 aliphatic heterocycles. The van der Waals surface area contributed by atoms with E-state index in [9.17, 15) is 4.79 Å². The van der Waals surface area contributed by atoms with E-state index in [1.807, 2.05) is 43.2 Å². The molecule has 0 radical (unpaired) electrons. The van der Waals surface area contributed by atoms with Gasteiger partial charge in [0.05, 0.1) is 42.1 Å². The zero-order valence-electron chi connectivity index (χ0n) is 22.2. The van der Waals surface area contributed by atoms with Gasteiger partial charge in [0.2, 0.25) is 0 Å². The van der Waals surface area contributed by atoms with Crippen molar-refractivity contribution in [1.82, 2.24) is 24.5 Å². The number of hydrogen-bond acceptors (Lipinski definition) is 6. The summed E-state index contributed by atoms with van der Waals surface area (Å²) in [5, 5.41) is 8.40. The van der Waals surface area contributed by atoms with E-state index in [0.717, 1.165) is 34.6 Å². The number of imidazole rings is 1. The van der Waals surface area contributed by atoms with Crippen molar-refractivity contribution in [3.05, 3.63) is 59.2 Å². The zero-order valence-corrected chi connectivity index (χ0v) is 23.0. The van der Waals surface area contributed by atoms with Gasteiger partial charge in [-0.05, 0) is 50.8 Å². The van der Waals surface area contributed by atoms with Crippen molar-refractivity contribution in [2.45, 2.75) is 50.6 Å². The molecule has 1 aromatic carbocycles. The molecule has 4 heterocycles. The summed E-state index contributed by atoms with van der Waals surface area (Å²) in [6.45, 7) is 7.45. The van der Waals surface area contributed by atoms with Crippen LogP contribution in [-0.4, -0.2) is 55.6 Å². The minimum absolute atomic E-state index is 0.0880. The number of allylic oxidation sites excluding steroid dienone is 2. The van der Waals surface area contributed by atoms with Gasteiger partial charge in [0, 0.05) is 19.2 Å². The van der Waals surface area contributed by atoms with Gasteiger partial charge in [-0.15, -0.1) is 16.7 Å². The molecule has 38 heavy (non-hydrogen) atoms. The molecule has 1 amide bonds. The van der Waals surface area contributed by atoms with Gasteiger partial charge in [-0.1, -0.05) is 29.5 Å². The van der Waals surface area contributed by atoms with Crippen LogP contribution in [0.25, 0.3) is 16.6 Å². The van der Waals surface area contributed by atoms with E-state index in [0.29, 0.717) is 42.3 Å². The number of halogens is 1. The highest BCUT2D eigenvalue weighted by Crippen LogP contribution is 2.47. The molecule has 0 spiro atoms. The number of hydrogen-bond donors (Lipinski definition) is 0. The predicted octanol–water partition coefficient (Wildman–Crippen LogP) is 5.14. The van der Waals surface area contributed by atoms with Crippen LogP contribution < -0.4 is 9.64 Å². The number of methoxy groups -OCH3 is 1. The Bertz CT molecular complexity index is 1540. The molecule has 0 saturated carbocycles. The van der Waals surface area contributed by atoms with Crippen molar-refractivity contribution in [3.8, 4) is 5.75 Å².